The number of hydrogen-bond acceptors (Lipinski definition) is 5. The van der Waals surface area contributed by atoms with Gasteiger partial charge in [-0.05, 0) is 49.4 Å². The first-order valence-electron chi connectivity index (χ1n) is 8.69. The van der Waals surface area contributed by atoms with Gasteiger partial charge in [-0.25, -0.2) is 4.98 Å². The number of rotatable bonds is 4. The molecule has 0 bridgehead atoms. The van der Waals surface area contributed by atoms with Gasteiger partial charge < -0.3 is 0 Å². The van der Waals surface area contributed by atoms with Gasteiger partial charge in [0.15, 0.2) is 5.13 Å². The number of aryl methyl sites for hydroxylation is 1. The van der Waals surface area contributed by atoms with Crippen molar-refractivity contribution < 1.29 is 4.79 Å². The van der Waals surface area contributed by atoms with Crippen molar-refractivity contribution in [2.45, 2.75) is 6.92 Å². The Morgan fingerprint density at radius 2 is 1.83 bits per heavy atom. The van der Waals surface area contributed by atoms with E-state index in [2.05, 4.69) is 15.3 Å². The van der Waals surface area contributed by atoms with Crippen LogP contribution in [0.3, 0.4) is 0 Å². The van der Waals surface area contributed by atoms with Crippen molar-refractivity contribution in [1.82, 2.24) is 14.5 Å². The molecule has 0 atom stereocenters. The van der Waals surface area contributed by atoms with Gasteiger partial charge in [0.25, 0.3) is 11.5 Å². The van der Waals surface area contributed by atoms with Crippen LogP contribution in [0.1, 0.15) is 16.1 Å². The molecule has 3 heterocycles. The maximum absolute atomic E-state index is 12.7. The van der Waals surface area contributed by atoms with Crippen molar-refractivity contribution in [3.05, 3.63) is 92.8 Å². The van der Waals surface area contributed by atoms with Crippen LogP contribution < -0.4 is 10.9 Å². The second-order valence-electron chi connectivity index (χ2n) is 6.26. The number of nitrogens with one attached hydrogen (secondary N) is 1. The fraction of sp³-hybridized carbons (Fsp3) is 0.0476. The number of thiazole rings is 1. The molecule has 29 heavy (non-hydrogen) atoms. The summed E-state index contributed by atoms with van der Waals surface area (Å²) in [4.78, 5) is 33.7. The molecule has 1 N–H and O–H groups in total. The smallest absolute Gasteiger partial charge is 0.258 e. The minimum atomic E-state index is -0.356. The average molecular weight is 423 g/mol. The first kappa shape index (κ1) is 19.0. The standard InChI is InChI=1S/C21H15ClN4O2S/c1-13-3-2-4-17(23-13)18-12-29-21(24-18)25-20(28)14-5-10-19(27)26(11-14)16-8-6-15(22)7-9-16/h2-12H,1H3,(H,24,25,28). The number of carbonyl (C=O) groups is 1. The van der Waals surface area contributed by atoms with E-state index in [-0.39, 0.29) is 11.5 Å². The highest BCUT2D eigenvalue weighted by Gasteiger charge is 2.12. The van der Waals surface area contributed by atoms with Crippen molar-refractivity contribution in [3.8, 4) is 17.1 Å². The summed E-state index contributed by atoms with van der Waals surface area (Å²) in [6, 6.07) is 15.3. The van der Waals surface area contributed by atoms with Crippen LogP contribution in [0, 0.1) is 6.92 Å². The Morgan fingerprint density at radius 1 is 1.03 bits per heavy atom. The summed E-state index contributed by atoms with van der Waals surface area (Å²) >= 11 is 7.22. The Balaban J connectivity index is 1.57. The minimum Gasteiger partial charge on any atom is -0.298 e. The van der Waals surface area contributed by atoms with E-state index in [1.54, 1.807) is 24.3 Å². The third-order valence-corrected chi connectivity index (χ3v) is 5.16. The summed E-state index contributed by atoms with van der Waals surface area (Å²) in [6.45, 7) is 1.91. The fourth-order valence-electron chi connectivity index (χ4n) is 2.73. The summed E-state index contributed by atoms with van der Waals surface area (Å²) in [7, 11) is 0. The maximum Gasteiger partial charge on any atom is 0.258 e. The molecule has 8 heteroatoms. The quantitative estimate of drug-likeness (QED) is 0.522. The van der Waals surface area contributed by atoms with Gasteiger partial charge in [-0.15, -0.1) is 11.3 Å². The van der Waals surface area contributed by atoms with Gasteiger partial charge in [-0.2, -0.15) is 0 Å². The van der Waals surface area contributed by atoms with Crippen LogP contribution in [0.5, 0.6) is 0 Å². The number of halogens is 1. The van der Waals surface area contributed by atoms with Gasteiger partial charge >= 0.3 is 0 Å². The van der Waals surface area contributed by atoms with E-state index < -0.39 is 0 Å². The van der Waals surface area contributed by atoms with Crippen molar-refractivity contribution in [3.63, 3.8) is 0 Å². The Kier molecular flexibility index (Phi) is 5.24. The molecule has 0 radical (unpaired) electrons. The molecule has 0 aliphatic heterocycles. The van der Waals surface area contributed by atoms with Crippen LogP contribution in [0.15, 0.2) is 71.0 Å². The molecule has 0 unspecified atom stereocenters. The van der Waals surface area contributed by atoms with E-state index in [4.69, 9.17) is 11.6 Å². The highest BCUT2D eigenvalue weighted by Crippen LogP contribution is 2.24. The van der Waals surface area contributed by atoms with Gasteiger partial charge in [-0.1, -0.05) is 17.7 Å². The van der Waals surface area contributed by atoms with Crippen LogP contribution >= 0.6 is 22.9 Å². The van der Waals surface area contributed by atoms with E-state index in [9.17, 15) is 9.59 Å². The molecule has 1 aromatic carbocycles. The van der Waals surface area contributed by atoms with Crippen LogP contribution in [-0.4, -0.2) is 20.4 Å². The molecule has 0 spiro atoms. The zero-order valence-corrected chi connectivity index (χ0v) is 16.9. The Bertz CT molecular complexity index is 1250. The molecule has 0 saturated carbocycles. The lowest BCUT2D eigenvalue weighted by Gasteiger charge is -2.08. The van der Waals surface area contributed by atoms with E-state index in [0.717, 1.165) is 11.4 Å². The summed E-state index contributed by atoms with van der Waals surface area (Å²) in [5.41, 5.74) is 3.05. The highest BCUT2D eigenvalue weighted by atomic mass is 35.5. The number of aromatic nitrogens is 3. The first-order chi connectivity index (χ1) is 14.0. The largest absolute Gasteiger partial charge is 0.298 e. The molecule has 4 rings (SSSR count). The molecular formula is C21H15ClN4O2S. The van der Waals surface area contributed by atoms with E-state index >= 15 is 0 Å². The predicted octanol–water partition coefficient (Wildman–Crippen LogP) is 4.57. The van der Waals surface area contributed by atoms with Crippen LogP contribution in [0.25, 0.3) is 17.1 Å². The van der Waals surface area contributed by atoms with Gasteiger partial charge in [0.05, 0.1) is 11.3 Å². The van der Waals surface area contributed by atoms with E-state index in [1.807, 2.05) is 30.5 Å². The number of pyridine rings is 2. The summed E-state index contributed by atoms with van der Waals surface area (Å²) in [6.07, 6.45) is 1.50. The van der Waals surface area contributed by atoms with Crippen molar-refractivity contribution >= 4 is 34.0 Å². The van der Waals surface area contributed by atoms with Crippen molar-refractivity contribution in [1.29, 1.82) is 0 Å². The molecule has 0 saturated heterocycles. The van der Waals surface area contributed by atoms with Crippen LogP contribution in [0.4, 0.5) is 5.13 Å². The average Bonchev–Trinajstić information content (AvgIpc) is 3.17. The maximum atomic E-state index is 12.7. The zero-order chi connectivity index (χ0) is 20.4. The van der Waals surface area contributed by atoms with Crippen LogP contribution in [-0.2, 0) is 0 Å². The molecule has 1 amide bonds. The molecule has 0 aliphatic rings. The third kappa shape index (κ3) is 4.26. The van der Waals surface area contributed by atoms with E-state index in [0.29, 0.717) is 27.1 Å². The Morgan fingerprint density at radius 3 is 2.59 bits per heavy atom. The molecule has 6 nitrogen and oxygen atoms in total. The Hall–Kier alpha value is -3.29. The molecule has 3 aromatic heterocycles. The normalized spacial score (nSPS) is 10.7. The summed E-state index contributed by atoms with van der Waals surface area (Å²) in [5, 5.41) is 5.64. The molecule has 0 fully saturated rings. The molecule has 4 aromatic rings. The lowest BCUT2D eigenvalue weighted by Crippen LogP contribution is -2.20. The predicted molar refractivity (Wildman–Crippen MR) is 115 cm³/mol. The van der Waals surface area contributed by atoms with Crippen LogP contribution in [0.2, 0.25) is 5.02 Å². The number of hydrogen-bond donors (Lipinski definition) is 1. The van der Waals surface area contributed by atoms with E-state index in [1.165, 1.54) is 34.2 Å². The SMILES string of the molecule is Cc1cccc(-c2csc(NC(=O)c3ccc(=O)n(-c4ccc(Cl)cc4)c3)n2)n1. The van der Waals surface area contributed by atoms with Gasteiger partial charge in [0.1, 0.15) is 5.69 Å². The monoisotopic (exact) mass is 422 g/mol. The second-order valence-corrected chi connectivity index (χ2v) is 7.55. The minimum absolute atomic E-state index is 0.245. The number of anilines is 1. The highest BCUT2D eigenvalue weighted by molar-refractivity contribution is 7.14. The lowest BCUT2D eigenvalue weighted by atomic mass is 10.2. The third-order valence-electron chi connectivity index (χ3n) is 4.15. The zero-order valence-electron chi connectivity index (χ0n) is 15.3. The van der Waals surface area contributed by atoms with Gasteiger partial charge in [-0.3, -0.25) is 24.5 Å². The summed E-state index contributed by atoms with van der Waals surface area (Å²) in [5.74, 6) is -0.356. The topological polar surface area (TPSA) is 76.9 Å². The first-order valence-corrected chi connectivity index (χ1v) is 9.95. The lowest BCUT2D eigenvalue weighted by molar-refractivity contribution is 0.102. The molecular weight excluding hydrogens is 408 g/mol. The van der Waals surface area contributed by atoms with Gasteiger partial charge in [0, 0.05) is 34.0 Å². The van der Waals surface area contributed by atoms with Crippen molar-refractivity contribution in [2.24, 2.45) is 0 Å². The number of carbonyl (C=O) groups excluding carboxylic acids is 1. The number of benzene rings is 1. The van der Waals surface area contributed by atoms with Gasteiger partial charge in [0.2, 0.25) is 0 Å². The molecule has 0 aliphatic carbocycles. The number of amides is 1. The number of nitrogens with zero attached hydrogens (tertiary/aromatic N) is 3. The summed E-state index contributed by atoms with van der Waals surface area (Å²) < 4.78 is 1.40. The van der Waals surface area contributed by atoms with Crippen molar-refractivity contribution in [2.75, 3.05) is 5.32 Å². The molecule has 144 valence electrons. The fourth-order valence-corrected chi connectivity index (χ4v) is 3.55. The second kappa shape index (κ2) is 7.98. The Labute approximate surface area is 175 Å².